The fraction of sp³-hybridized carbons (Fsp3) is 0.368. The fourth-order valence-corrected chi connectivity index (χ4v) is 2.93. The first kappa shape index (κ1) is 18.0. The summed E-state index contributed by atoms with van der Waals surface area (Å²) in [7, 11) is 0. The number of amides is 1. The molecule has 1 atom stereocenters. The van der Waals surface area contributed by atoms with Gasteiger partial charge in [0, 0.05) is 24.2 Å². The van der Waals surface area contributed by atoms with Crippen molar-refractivity contribution in [3.63, 3.8) is 0 Å². The number of unbranched alkanes of at least 4 members (excludes halogenated alkanes) is 1. The van der Waals surface area contributed by atoms with Crippen LogP contribution in [0, 0.1) is 6.92 Å². The maximum Gasteiger partial charge on any atom is 0.274 e. The summed E-state index contributed by atoms with van der Waals surface area (Å²) in [5.74, 6) is -0.234. The highest BCUT2D eigenvalue weighted by Crippen LogP contribution is 2.18. The second-order valence-electron chi connectivity index (χ2n) is 6.36. The standard InChI is InChI=1S/C19H24N6O/c1-3-4-7-15(12-20)22-19(26)18-13(2)25(24-23-18)16-8-9-17-14(11-16)6-5-10-21-17/h5-6,8-11,15H,3-4,7,12,20H2,1-2H3,(H,22,26). The van der Waals surface area contributed by atoms with Gasteiger partial charge in [0.2, 0.25) is 0 Å². The number of hydrogen-bond donors (Lipinski definition) is 2. The Morgan fingerprint density at radius 2 is 2.19 bits per heavy atom. The van der Waals surface area contributed by atoms with Crippen LogP contribution >= 0.6 is 0 Å². The monoisotopic (exact) mass is 352 g/mol. The summed E-state index contributed by atoms with van der Waals surface area (Å²) >= 11 is 0. The van der Waals surface area contributed by atoms with Crippen LogP contribution in [0.2, 0.25) is 0 Å². The van der Waals surface area contributed by atoms with Crippen molar-refractivity contribution in [1.82, 2.24) is 25.3 Å². The van der Waals surface area contributed by atoms with Gasteiger partial charge in [-0.2, -0.15) is 0 Å². The smallest absolute Gasteiger partial charge is 0.274 e. The summed E-state index contributed by atoms with van der Waals surface area (Å²) < 4.78 is 1.67. The molecule has 0 fully saturated rings. The van der Waals surface area contributed by atoms with Crippen molar-refractivity contribution in [2.75, 3.05) is 6.54 Å². The van der Waals surface area contributed by atoms with Crippen molar-refractivity contribution in [1.29, 1.82) is 0 Å². The Kier molecular flexibility index (Phi) is 5.58. The Hall–Kier alpha value is -2.80. The summed E-state index contributed by atoms with van der Waals surface area (Å²) in [4.78, 5) is 16.9. The van der Waals surface area contributed by atoms with E-state index in [-0.39, 0.29) is 11.9 Å². The van der Waals surface area contributed by atoms with Crippen LogP contribution < -0.4 is 11.1 Å². The van der Waals surface area contributed by atoms with Crippen molar-refractivity contribution in [2.24, 2.45) is 5.73 Å². The average Bonchev–Trinajstić information content (AvgIpc) is 3.06. The lowest BCUT2D eigenvalue weighted by Crippen LogP contribution is -2.40. The summed E-state index contributed by atoms with van der Waals surface area (Å²) in [6, 6.07) is 9.67. The highest BCUT2D eigenvalue weighted by Gasteiger charge is 2.20. The molecule has 2 heterocycles. The van der Waals surface area contributed by atoms with E-state index in [4.69, 9.17) is 5.73 Å². The first-order chi connectivity index (χ1) is 12.6. The molecule has 1 amide bonds. The number of benzene rings is 1. The van der Waals surface area contributed by atoms with Crippen LogP contribution in [0.4, 0.5) is 0 Å². The number of carbonyl (C=O) groups is 1. The van der Waals surface area contributed by atoms with E-state index in [1.165, 1.54) is 0 Å². The molecule has 7 heteroatoms. The van der Waals surface area contributed by atoms with Crippen molar-refractivity contribution >= 4 is 16.8 Å². The summed E-state index contributed by atoms with van der Waals surface area (Å²) in [5, 5.41) is 12.2. The summed E-state index contributed by atoms with van der Waals surface area (Å²) in [6.45, 7) is 4.37. The second kappa shape index (κ2) is 8.05. The molecular formula is C19H24N6O. The molecule has 1 aromatic carbocycles. The predicted molar refractivity (Wildman–Crippen MR) is 101 cm³/mol. The topological polar surface area (TPSA) is 98.7 Å². The Morgan fingerprint density at radius 1 is 1.35 bits per heavy atom. The minimum Gasteiger partial charge on any atom is -0.347 e. The van der Waals surface area contributed by atoms with E-state index in [1.807, 2.05) is 37.3 Å². The van der Waals surface area contributed by atoms with Crippen LogP contribution in [0.5, 0.6) is 0 Å². The van der Waals surface area contributed by atoms with E-state index >= 15 is 0 Å². The molecule has 0 bridgehead atoms. The Balaban J connectivity index is 1.83. The molecule has 3 rings (SSSR count). The molecule has 136 valence electrons. The fourth-order valence-electron chi connectivity index (χ4n) is 2.93. The first-order valence-electron chi connectivity index (χ1n) is 8.92. The van der Waals surface area contributed by atoms with Gasteiger partial charge in [-0.05, 0) is 37.6 Å². The van der Waals surface area contributed by atoms with Crippen LogP contribution in [0.15, 0.2) is 36.5 Å². The van der Waals surface area contributed by atoms with Gasteiger partial charge in [0.25, 0.3) is 5.91 Å². The van der Waals surface area contributed by atoms with Crippen LogP contribution in [0.1, 0.15) is 42.4 Å². The molecule has 0 saturated carbocycles. The normalized spacial score (nSPS) is 12.3. The minimum atomic E-state index is -0.234. The van der Waals surface area contributed by atoms with Crippen LogP contribution in [0.3, 0.4) is 0 Å². The molecule has 3 N–H and O–H groups in total. The molecule has 0 radical (unpaired) electrons. The average molecular weight is 352 g/mol. The maximum absolute atomic E-state index is 12.6. The number of nitrogens with two attached hydrogens (primary N) is 1. The van der Waals surface area contributed by atoms with E-state index in [1.54, 1.807) is 10.9 Å². The van der Waals surface area contributed by atoms with E-state index in [0.29, 0.717) is 17.9 Å². The number of nitrogens with one attached hydrogen (secondary N) is 1. The highest BCUT2D eigenvalue weighted by molar-refractivity contribution is 5.93. The van der Waals surface area contributed by atoms with Crippen LogP contribution in [-0.2, 0) is 0 Å². The molecule has 0 saturated heterocycles. The van der Waals surface area contributed by atoms with Gasteiger partial charge in [0.15, 0.2) is 5.69 Å². The molecular weight excluding hydrogens is 328 g/mol. The number of pyridine rings is 1. The largest absolute Gasteiger partial charge is 0.347 e. The van der Waals surface area contributed by atoms with Crippen LogP contribution in [0.25, 0.3) is 16.6 Å². The zero-order valence-electron chi connectivity index (χ0n) is 15.1. The zero-order chi connectivity index (χ0) is 18.5. The zero-order valence-corrected chi connectivity index (χ0v) is 15.1. The maximum atomic E-state index is 12.6. The molecule has 0 aliphatic carbocycles. The lowest BCUT2D eigenvalue weighted by atomic mass is 10.1. The Morgan fingerprint density at radius 3 is 2.96 bits per heavy atom. The molecule has 0 spiro atoms. The third-order valence-corrected chi connectivity index (χ3v) is 4.47. The van der Waals surface area contributed by atoms with Gasteiger partial charge in [-0.1, -0.05) is 31.0 Å². The molecule has 0 aliphatic heterocycles. The Labute approximate surface area is 152 Å². The van der Waals surface area contributed by atoms with Crippen molar-refractivity contribution < 1.29 is 4.79 Å². The lowest BCUT2D eigenvalue weighted by molar-refractivity contribution is 0.0930. The van der Waals surface area contributed by atoms with Crippen molar-refractivity contribution in [2.45, 2.75) is 39.2 Å². The van der Waals surface area contributed by atoms with E-state index in [0.717, 1.165) is 35.9 Å². The van der Waals surface area contributed by atoms with Crippen LogP contribution in [-0.4, -0.2) is 38.5 Å². The third kappa shape index (κ3) is 3.72. The van der Waals surface area contributed by atoms with Gasteiger partial charge in [-0.3, -0.25) is 9.78 Å². The molecule has 7 nitrogen and oxygen atoms in total. The molecule has 3 aromatic rings. The second-order valence-corrected chi connectivity index (χ2v) is 6.36. The summed E-state index contributed by atoms with van der Waals surface area (Å²) in [6.07, 6.45) is 4.72. The summed E-state index contributed by atoms with van der Waals surface area (Å²) in [5.41, 5.74) is 8.54. The van der Waals surface area contributed by atoms with Crippen molar-refractivity contribution in [3.8, 4) is 5.69 Å². The van der Waals surface area contributed by atoms with Gasteiger partial charge in [-0.25, -0.2) is 4.68 Å². The number of fused-ring (bicyclic) bond motifs is 1. The quantitative estimate of drug-likeness (QED) is 0.680. The molecule has 2 aromatic heterocycles. The van der Waals surface area contributed by atoms with E-state index in [2.05, 4.69) is 27.5 Å². The first-order valence-corrected chi connectivity index (χ1v) is 8.92. The van der Waals surface area contributed by atoms with E-state index in [9.17, 15) is 4.79 Å². The van der Waals surface area contributed by atoms with Gasteiger partial charge in [0.1, 0.15) is 0 Å². The minimum absolute atomic E-state index is 0.0428. The predicted octanol–water partition coefficient (Wildman–Crippen LogP) is 2.37. The van der Waals surface area contributed by atoms with Gasteiger partial charge in [0.05, 0.1) is 16.9 Å². The number of nitrogens with zero attached hydrogens (tertiary/aromatic N) is 4. The highest BCUT2D eigenvalue weighted by atomic mass is 16.2. The Bertz CT molecular complexity index is 904. The SMILES string of the molecule is CCCCC(CN)NC(=O)c1nnn(-c2ccc3ncccc3c2)c1C. The van der Waals surface area contributed by atoms with Gasteiger partial charge < -0.3 is 11.1 Å². The number of rotatable bonds is 7. The lowest BCUT2D eigenvalue weighted by Gasteiger charge is -2.15. The van der Waals surface area contributed by atoms with E-state index < -0.39 is 0 Å². The third-order valence-electron chi connectivity index (χ3n) is 4.47. The number of hydrogen-bond acceptors (Lipinski definition) is 5. The van der Waals surface area contributed by atoms with Gasteiger partial charge >= 0.3 is 0 Å². The molecule has 1 unspecified atom stereocenters. The number of aromatic nitrogens is 4. The molecule has 26 heavy (non-hydrogen) atoms. The molecule has 0 aliphatic rings. The van der Waals surface area contributed by atoms with Crippen molar-refractivity contribution in [3.05, 3.63) is 47.9 Å². The van der Waals surface area contributed by atoms with Gasteiger partial charge in [-0.15, -0.1) is 5.10 Å². The number of carbonyl (C=O) groups excluding carboxylic acids is 1.